The van der Waals surface area contributed by atoms with E-state index in [2.05, 4.69) is 6.92 Å². The van der Waals surface area contributed by atoms with Crippen molar-refractivity contribution in [3.05, 3.63) is 6.92 Å². The van der Waals surface area contributed by atoms with Crippen LogP contribution in [0.2, 0.25) is 0 Å². The first-order valence-electron chi connectivity index (χ1n) is 3.20. The van der Waals surface area contributed by atoms with Gasteiger partial charge in [0, 0.05) is 0 Å². The smallest absolute Gasteiger partial charge is 0.854 e. The maximum absolute atomic E-state index is 9.53. The Morgan fingerprint density at radius 2 is 1.67 bits per heavy atom. The minimum absolute atomic E-state index is 0. The molecule has 0 aromatic heterocycles. The first-order valence-corrected chi connectivity index (χ1v) is 3.20. The van der Waals surface area contributed by atoms with Gasteiger partial charge in [0.2, 0.25) is 0 Å². The standard InChI is InChI=1S/C4H9O.C3H7.Mg/c1-2-3-4-5;1-3-2;/h2-4H2,1H3;1,3H2,2H3;/q2*-1;+2. The molecular formula is C7H16MgO. The first kappa shape index (κ1) is 16.4. The van der Waals surface area contributed by atoms with Crippen molar-refractivity contribution in [1.29, 1.82) is 0 Å². The molecular weight excluding hydrogens is 124 g/mol. The van der Waals surface area contributed by atoms with Gasteiger partial charge in [0.15, 0.2) is 0 Å². The molecule has 1 nitrogen and oxygen atoms in total. The molecule has 0 aliphatic carbocycles. The molecule has 0 fully saturated rings. The molecule has 0 aromatic rings. The van der Waals surface area contributed by atoms with Crippen LogP contribution in [0, 0.1) is 6.92 Å². The van der Waals surface area contributed by atoms with Crippen molar-refractivity contribution in [1.82, 2.24) is 0 Å². The van der Waals surface area contributed by atoms with Crippen LogP contribution in [0.25, 0.3) is 0 Å². The van der Waals surface area contributed by atoms with Crippen LogP contribution in [0.4, 0.5) is 0 Å². The number of hydrogen-bond donors (Lipinski definition) is 0. The monoisotopic (exact) mass is 140 g/mol. The summed E-state index contributed by atoms with van der Waals surface area (Å²) in [5, 5.41) is 9.53. The molecule has 0 rings (SSSR count). The summed E-state index contributed by atoms with van der Waals surface area (Å²) >= 11 is 0. The number of unbranched alkanes of at least 4 members (excludes halogenated alkanes) is 1. The summed E-state index contributed by atoms with van der Waals surface area (Å²) in [5.74, 6) is 0. The zero-order valence-corrected chi connectivity index (χ0v) is 8.07. The van der Waals surface area contributed by atoms with E-state index in [-0.39, 0.29) is 29.7 Å². The van der Waals surface area contributed by atoms with Crippen LogP contribution in [0.15, 0.2) is 0 Å². The average molecular weight is 141 g/mol. The van der Waals surface area contributed by atoms with Gasteiger partial charge < -0.3 is 12.0 Å². The van der Waals surface area contributed by atoms with Gasteiger partial charge in [-0.3, -0.25) is 0 Å². The second kappa shape index (κ2) is 23.3. The third kappa shape index (κ3) is 53.1. The molecule has 2 heteroatoms. The molecule has 0 N–H and O–H groups in total. The predicted molar refractivity (Wildman–Crippen MR) is 41.2 cm³/mol. The predicted octanol–water partition coefficient (Wildman–Crippen LogP) is 0.996. The maximum Gasteiger partial charge on any atom is 2.00 e. The van der Waals surface area contributed by atoms with E-state index in [0.29, 0.717) is 0 Å². The van der Waals surface area contributed by atoms with Gasteiger partial charge in [-0.1, -0.05) is 26.7 Å². The molecule has 52 valence electrons. The molecule has 0 saturated carbocycles. The van der Waals surface area contributed by atoms with Gasteiger partial charge in [-0.2, -0.15) is 6.42 Å². The average Bonchev–Trinajstić information content (AvgIpc) is 1.71. The molecule has 0 saturated heterocycles. The summed E-state index contributed by atoms with van der Waals surface area (Å²) in [7, 11) is 0. The Bertz CT molecular complexity index is 22.9. The van der Waals surface area contributed by atoms with Crippen LogP contribution < -0.4 is 5.11 Å². The van der Waals surface area contributed by atoms with Crippen LogP contribution in [-0.2, 0) is 0 Å². The maximum atomic E-state index is 9.53. The fraction of sp³-hybridized carbons (Fsp3) is 0.857. The van der Waals surface area contributed by atoms with Crippen molar-refractivity contribution < 1.29 is 5.11 Å². The fourth-order valence-corrected chi connectivity index (χ4v) is 0.144. The van der Waals surface area contributed by atoms with E-state index in [1.165, 1.54) is 0 Å². The van der Waals surface area contributed by atoms with E-state index in [0.717, 1.165) is 19.3 Å². The van der Waals surface area contributed by atoms with Crippen molar-refractivity contribution in [2.24, 2.45) is 0 Å². The van der Waals surface area contributed by atoms with Gasteiger partial charge in [-0.05, 0) is 0 Å². The summed E-state index contributed by atoms with van der Waals surface area (Å²) < 4.78 is 0. The van der Waals surface area contributed by atoms with Crippen molar-refractivity contribution >= 4 is 23.1 Å². The molecule has 0 heterocycles. The zero-order valence-electron chi connectivity index (χ0n) is 6.65. The second-order valence-electron chi connectivity index (χ2n) is 1.56. The van der Waals surface area contributed by atoms with Crippen molar-refractivity contribution in [3.63, 3.8) is 0 Å². The Balaban J connectivity index is -0.0000000800. The summed E-state index contributed by atoms with van der Waals surface area (Å²) in [5.41, 5.74) is 0. The van der Waals surface area contributed by atoms with Crippen molar-refractivity contribution in [2.75, 3.05) is 6.61 Å². The van der Waals surface area contributed by atoms with Gasteiger partial charge in [-0.25, -0.2) is 0 Å². The molecule has 0 aromatic carbocycles. The first-order chi connectivity index (χ1) is 3.83. The Kier molecular flexibility index (Phi) is 42.4. The summed E-state index contributed by atoms with van der Waals surface area (Å²) in [6.07, 6.45) is 2.86. The Morgan fingerprint density at radius 1 is 1.33 bits per heavy atom. The number of rotatable bonds is 2. The summed E-state index contributed by atoms with van der Waals surface area (Å²) in [4.78, 5) is 0. The molecule has 0 amide bonds. The van der Waals surface area contributed by atoms with E-state index in [4.69, 9.17) is 0 Å². The Hall–Kier alpha value is 0.726. The fourth-order valence-electron chi connectivity index (χ4n) is 0.144. The van der Waals surface area contributed by atoms with Gasteiger partial charge in [0.25, 0.3) is 0 Å². The van der Waals surface area contributed by atoms with E-state index in [9.17, 15) is 5.11 Å². The van der Waals surface area contributed by atoms with Crippen LogP contribution in [0.3, 0.4) is 0 Å². The largest absolute Gasteiger partial charge is 2.00 e. The van der Waals surface area contributed by atoms with Gasteiger partial charge in [-0.15, -0.1) is 6.61 Å². The van der Waals surface area contributed by atoms with Crippen LogP contribution in [-0.4, -0.2) is 29.7 Å². The van der Waals surface area contributed by atoms with E-state index in [1.807, 2.05) is 13.8 Å². The van der Waals surface area contributed by atoms with Gasteiger partial charge in [0.1, 0.15) is 0 Å². The molecule has 0 aliphatic heterocycles. The molecule has 0 radical (unpaired) electrons. The molecule has 9 heavy (non-hydrogen) atoms. The van der Waals surface area contributed by atoms with Crippen LogP contribution in [0.5, 0.6) is 0 Å². The van der Waals surface area contributed by atoms with Gasteiger partial charge >= 0.3 is 23.1 Å². The Labute approximate surface area is 75.0 Å². The third-order valence-corrected chi connectivity index (χ3v) is 0.498. The normalized spacial score (nSPS) is 6.67. The van der Waals surface area contributed by atoms with E-state index < -0.39 is 0 Å². The van der Waals surface area contributed by atoms with E-state index >= 15 is 0 Å². The van der Waals surface area contributed by atoms with Crippen molar-refractivity contribution in [2.45, 2.75) is 33.1 Å². The minimum atomic E-state index is 0. The summed E-state index contributed by atoms with van der Waals surface area (Å²) in [6, 6.07) is 0. The molecule has 0 aliphatic rings. The quantitative estimate of drug-likeness (QED) is 0.415. The van der Waals surface area contributed by atoms with Crippen LogP contribution in [0.1, 0.15) is 33.1 Å². The minimum Gasteiger partial charge on any atom is -0.854 e. The van der Waals surface area contributed by atoms with Crippen molar-refractivity contribution in [3.8, 4) is 0 Å². The summed E-state index contributed by atoms with van der Waals surface area (Å²) in [6.45, 7) is 7.61. The Morgan fingerprint density at radius 3 is 1.67 bits per heavy atom. The third-order valence-electron chi connectivity index (χ3n) is 0.498. The molecule has 0 atom stereocenters. The van der Waals surface area contributed by atoms with Crippen LogP contribution >= 0.6 is 0 Å². The molecule has 0 spiro atoms. The zero-order chi connectivity index (χ0) is 6.83. The van der Waals surface area contributed by atoms with Gasteiger partial charge in [0.05, 0.1) is 0 Å². The van der Waals surface area contributed by atoms with E-state index in [1.54, 1.807) is 0 Å². The molecule has 0 unspecified atom stereocenters. The second-order valence-corrected chi connectivity index (χ2v) is 1.56. The number of hydrogen-bond acceptors (Lipinski definition) is 1. The SMILES string of the molecule is CCCC[O-].[CH2-]CC.[Mg+2]. The topological polar surface area (TPSA) is 23.1 Å². The molecule has 0 bridgehead atoms.